The summed E-state index contributed by atoms with van der Waals surface area (Å²) < 4.78 is 19.8. The lowest BCUT2D eigenvalue weighted by Crippen LogP contribution is -2.25. The van der Waals surface area contributed by atoms with E-state index in [0.29, 0.717) is 33.8 Å². The minimum atomic E-state index is -0.302. The predicted octanol–water partition coefficient (Wildman–Crippen LogP) is 3.76. The smallest absolute Gasteiger partial charge is 0.299 e. The molecule has 32 heavy (non-hydrogen) atoms. The summed E-state index contributed by atoms with van der Waals surface area (Å²) in [6.45, 7) is 0. The van der Waals surface area contributed by atoms with E-state index in [9.17, 15) is 4.79 Å². The molecule has 9 heteroatoms. The van der Waals surface area contributed by atoms with Crippen LogP contribution in [0, 0.1) is 0 Å². The zero-order valence-corrected chi connectivity index (χ0v) is 18.8. The summed E-state index contributed by atoms with van der Waals surface area (Å²) in [7, 11) is 6.45. The Hall–Kier alpha value is -3.78. The monoisotopic (exact) mass is 453 g/mol. The quantitative estimate of drug-likeness (QED) is 0.355. The van der Waals surface area contributed by atoms with Gasteiger partial charge in [0.15, 0.2) is 11.5 Å². The van der Waals surface area contributed by atoms with Crippen LogP contribution in [0.4, 0.5) is 5.69 Å². The highest BCUT2D eigenvalue weighted by Crippen LogP contribution is 2.40. The third-order valence-corrected chi connectivity index (χ3v) is 5.39. The van der Waals surface area contributed by atoms with Gasteiger partial charge in [0.25, 0.3) is 11.6 Å². The molecule has 1 N–H and O–H groups in total. The van der Waals surface area contributed by atoms with Crippen molar-refractivity contribution >= 4 is 28.8 Å². The molecule has 0 radical (unpaired) electrons. The summed E-state index contributed by atoms with van der Waals surface area (Å²) in [5.74, 6) is 1.04. The number of fused-ring (bicyclic) bond motifs is 1. The minimum absolute atomic E-state index is 0.302. The van der Waals surface area contributed by atoms with Gasteiger partial charge in [0.05, 0.1) is 28.4 Å². The molecule has 3 heterocycles. The molecule has 1 aromatic carbocycles. The van der Waals surface area contributed by atoms with Crippen LogP contribution in [0.2, 0.25) is 5.15 Å². The van der Waals surface area contributed by atoms with Gasteiger partial charge in [0.1, 0.15) is 17.5 Å². The van der Waals surface area contributed by atoms with E-state index in [1.165, 1.54) is 21.3 Å². The van der Waals surface area contributed by atoms with E-state index in [1.807, 2.05) is 46.5 Å². The summed E-state index contributed by atoms with van der Waals surface area (Å²) in [4.78, 5) is 17.4. The van der Waals surface area contributed by atoms with Gasteiger partial charge in [-0.2, -0.15) is 4.40 Å². The van der Waals surface area contributed by atoms with Crippen LogP contribution in [0.25, 0.3) is 16.8 Å². The first-order chi connectivity index (χ1) is 15.5. The molecular formula is C23H22ClN4O4+. The molecule has 0 spiro atoms. The fourth-order valence-corrected chi connectivity index (χ4v) is 3.79. The van der Waals surface area contributed by atoms with Gasteiger partial charge in [-0.3, -0.25) is 4.79 Å². The first-order valence-corrected chi connectivity index (χ1v) is 10.1. The number of amides is 1. The Balaban J connectivity index is 1.74. The number of hydrogen-bond acceptors (Lipinski definition) is 5. The summed E-state index contributed by atoms with van der Waals surface area (Å²) in [6.07, 6.45) is 5.26. The normalized spacial score (nSPS) is 10.8. The maximum Gasteiger partial charge on any atom is 0.299 e. The maximum atomic E-state index is 13.2. The average molecular weight is 454 g/mol. The van der Waals surface area contributed by atoms with Crippen molar-refractivity contribution in [2.75, 3.05) is 26.6 Å². The Labute approximate surface area is 189 Å². The van der Waals surface area contributed by atoms with E-state index in [2.05, 4.69) is 10.3 Å². The van der Waals surface area contributed by atoms with Crippen molar-refractivity contribution in [3.05, 3.63) is 65.8 Å². The Morgan fingerprint density at radius 2 is 1.81 bits per heavy atom. The van der Waals surface area contributed by atoms with Crippen molar-refractivity contribution in [1.82, 2.24) is 9.38 Å². The highest BCUT2D eigenvalue weighted by atomic mass is 35.5. The Morgan fingerprint density at radius 1 is 1.09 bits per heavy atom. The molecule has 0 unspecified atom stereocenters. The Bertz CT molecular complexity index is 1290. The molecule has 4 aromatic rings. The lowest BCUT2D eigenvalue weighted by molar-refractivity contribution is -0.644. The fraction of sp³-hybridized carbons (Fsp3) is 0.174. The molecule has 0 aliphatic rings. The second-order valence-electron chi connectivity index (χ2n) is 6.98. The number of halogens is 1. The number of pyridine rings is 2. The molecule has 0 atom stereocenters. The zero-order valence-electron chi connectivity index (χ0n) is 18.0. The zero-order chi connectivity index (χ0) is 22.8. The van der Waals surface area contributed by atoms with Crippen LogP contribution in [0.1, 0.15) is 10.5 Å². The number of carbonyl (C=O) groups is 1. The second kappa shape index (κ2) is 8.76. The molecule has 3 aromatic heterocycles. The topological polar surface area (TPSA) is 78.0 Å². The Kier molecular flexibility index (Phi) is 5.87. The number of benzene rings is 1. The largest absolute Gasteiger partial charge is 0.493 e. The molecule has 4 rings (SSSR count). The number of anilines is 1. The summed E-state index contributed by atoms with van der Waals surface area (Å²) >= 11 is 6.27. The van der Waals surface area contributed by atoms with Crippen molar-refractivity contribution in [2.24, 2.45) is 7.05 Å². The molecule has 1 amide bonds. The van der Waals surface area contributed by atoms with Gasteiger partial charge in [-0.1, -0.05) is 11.6 Å². The van der Waals surface area contributed by atoms with Crippen LogP contribution in [0.3, 0.4) is 0 Å². The van der Waals surface area contributed by atoms with Gasteiger partial charge in [-0.05, 0) is 18.2 Å². The maximum absolute atomic E-state index is 13.2. The molecule has 0 saturated heterocycles. The lowest BCUT2D eigenvalue weighted by atomic mass is 10.1. The molecule has 0 aliphatic carbocycles. The minimum Gasteiger partial charge on any atom is -0.493 e. The van der Waals surface area contributed by atoms with Crippen LogP contribution < -0.4 is 24.1 Å². The average Bonchev–Trinajstić information content (AvgIpc) is 3.14. The lowest BCUT2D eigenvalue weighted by Gasteiger charge is -2.14. The van der Waals surface area contributed by atoms with Gasteiger partial charge < -0.3 is 19.5 Å². The Morgan fingerprint density at radius 3 is 2.44 bits per heavy atom. The van der Waals surface area contributed by atoms with Crippen LogP contribution in [-0.4, -0.2) is 36.6 Å². The number of methoxy groups -OCH3 is 3. The molecule has 8 nitrogen and oxygen atoms in total. The third kappa shape index (κ3) is 3.80. The molecule has 0 fully saturated rings. The molecule has 0 saturated carbocycles. The van der Waals surface area contributed by atoms with Crippen LogP contribution in [-0.2, 0) is 7.05 Å². The molecule has 0 aliphatic heterocycles. The highest BCUT2D eigenvalue weighted by Gasteiger charge is 2.23. The number of aromatic nitrogens is 3. The van der Waals surface area contributed by atoms with Crippen molar-refractivity contribution in [1.29, 1.82) is 0 Å². The van der Waals surface area contributed by atoms with E-state index in [1.54, 1.807) is 24.5 Å². The molecule has 0 bridgehead atoms. The van der Waals surface area contributed by atoms with Gasteiger partial charge in [-0.15, -0.1) is 0 Å². The summed E-state index contributed by atoms with van der Waals surface area (Å²) in [5.41, 5.74) is 3.41. The highest BCUT2D eigenvalue weighted by molar-refractivity contribution is 6.32. The molecular weight excluding hydrogens is 432 g/mol. The number of hydrogen-bond donors (Lipinski definition) is 1. The van der Waals surface area contributed by atoms with E-state index in [-0.39, 0.29) is 5.91 Å². The number of carbonyl (C=O) groups excluding carboxylic acids is 1. The number of imidazole rings is 1. The molecule has 164 valence electrons. The first kappa shape index (κ1) is 21.5. The van der Waals surface area contributed by atoms with E-state index < -0.39 is 0 Å². The SMILES string of the molecule is COc1cc(NC(=O)c2c[n+](C)c3ccc(-c4cccnc4Cl)cn23)cc(OC)c1OC. The van der Waals surface area contributed by atoms with Crippen molar-refractivity contribution < 1.29 is 23.6 Å². The standard InChI is InChI=1S/C23H21ClN4O4/c1-27-13-17(23(29)26-15-10-18(30-2)21(32-4)19(11-15)31-3)28-12-14(7-8-20(27)28)16-6-5-9-25-22(16)24/h5-13H,1-4H3/p+1. The van der Waals surface area contributed by atoms with Gasteiger partial charge in [-0.25, -0.2) is 9.55 Å². The van der Waals surface area contributed by atoms with Gasteiger partial charge >= 0.3 is 0 Å². The van der Waals surface area contributed by atoms with Gasteiger partial charge in [0.2, 0.25) is 11.4 Å². The second-order valence-corrected chi connectivity index (χ2v) is 7.34. The van der Waals surface area contributed by atoms with Crippen LogP contribution in [0.15, 0.2) is 55.0 Å². The predicted molar refractivity (Wildman–Crippen MR) is 121 cm³/mol. The van der Waals surface area contributed by atoms with Crippen molar-refractivity contribution in [3.8, 4) is 28.4 Å². The van der Waals surface area contributed by atoms with E-state index >= 15 is 0 Å². The van der Waals surface area contributed by atoms with E-state index in [0.717, 1.165) is 16.8 Å². The number of ether oxygens (including phenoxy) is 3. The van der Waals surface area contributed by atoms with Crippen molar-refractivity contribution in [3.63, 3.8) is 0 Å². The summed E-state index contributed by atoms with van der Waals surface area (Å²) in [6, 6.07) is 10.9. The third-order valence-electron chi connectivity index (χ3n) is 5.09. The summed E-state index contributed by atoms with van der Waals surface area (Å²) in [5, 5.41) is 3.30. The number of nitrogens with zero attached hydrogens (tertiary/aromatic N) is 3. The number of nitrogens with one attached hydrogen (secondary N) is 1. The first-order valence-electron chi connectivity index (χ1n) is 9.69. The van der Waals surface area contributed by atoms with E-state index in [4.69, 9.17) is 25.8 Å². The van der Waals surface area contributed by atoms with Crippen molar-refractivity contribution in [2.45, 2.75) is 0 Å². The fourth-order valence-electron chi connectivity index (χ4n) is 3.56. The van der Waals surface area contributed by atoms with Crippen LogP contribution >= 0.6 is 11.6 Å². The van der Waals surface area contributed by atoms with Crippen LogP contribution in [0.5, 0.6) is 17.2 Å². The number of rotatable bonds is 6. The van der Waals surface area contributed by atoms with Gasteiger partial charge in [0, 0.05) is 41.2 Å². The number of aryl methyl sites for hydroxylation is 1.